The van der Waals surface area contributed by atoms with Gasteiger partial charge >= 0.3 is 0 Å². The van der Waals surface area contributed by atoms with E-state index in [1.165, 1.54) is 0 Å². The molecule has 6 nitrogen and oxygen atoms in total. The summed E-state index contributed by atoms with van der Waals surface area (Å²) in [6.07, 6.45) is 1.20. The number of hydrogen-bond acceptors (Lipinski definition) is 4. The molecule has 1 atom stereocenters. The molecule has 0 aliphatic heterocycles. The van der Waals surface area contributed by atoms with E-state index in [4.69, 9.17) is 9.47 Å². The molecular weight excluding hydrogens is 508 g/mol. The Morgan fingerprint density at radius 1 is 0.943 bits per heavy atom. The van der Waals surface area contributed by atoms with Gasteiger partial charge in [-0.25, -0.2) is 0 Å². The highest BCUT2D eigenvalue weighted by Gasteiger charge is 2.30. The van der Waals surface area contributed by atoms with Gasteiger partial charge in [0.1, 0.15) is 17.5 Å². The third-order valence-electron chi connectivity index (χ3n) is 5.48. The first-order valence-corrected chi connectivity index (χ1v) is 12.4. The van der Waals surface area contributed by atoms with Crippen LogP contribution in [0.25, 0.3) is 0 Å². The number of hydrogen-bond donors (Lipinski definition) is 1. The van der Waals surface area contributed by atoms with Crippen LogP contribution in [0, 0.1) is 0 Å². The Morgan fingerprint density at radius 3 is 2.34 bits per heavy atom. The standard InChI is InChI=1S/C28H31BrN2O4/c1-3-16-30-28(33)26(18-21-8-5-4-6-9-21)31(19-22-10-7-11-25(17-22)34-2)27(32)20-35-24-14-12-23(29)13-15-24/h4-15,17,26H,3,16,18-20H2,1-2H3,(H,30,33)/t26-/m1/s1. The van der Waals surface area contributed by atoms with Gasteiger partial charge in [0, 0.05) is 24.0 Å². The topological polar surface area (TPSA) is 67.9 Å². The summed E-state index contributed by atoms with van der Waals surface area (Å²) in [6, 6.07) is 23.8. The number of nitrogens with zero attached hydrogens (tertiary/aromatic N) is 1. The summed E-state index contributed by atoms with van der Waals surface area (Å²) < 4.78 is 12.1. The Kier molecular flexibility index (Phi) is 10.2. The summed E-state index contributed by atoms with van der Waals surface area (Å²) in [5, 5.41) is 2.97. The van der Waals surface area contributed by atoms with E-state index in [0.717, 1.165) is 22.0 Å². The molecule has 3 rings (SSSR count). The lowest BCUT2D eigenvalue weighted by atomic mass is 10.0. The van der Waals surface area contributed by atoms with E-state index in [9.17, 15) is 9.59 Å². The fraction of sp³-hybridized carbons (Fsp3) is 0.286. The predicted octanol–water partition coefficient (Wildman–Crippen LogP) is 5.00. The lowest BCUT2D eigenvalue weighted by Crippen LogP contribution is -2.51. The maximum atomic E-state index is 13.5. The zero-order valence-electron chi connectivity index (χ0n) is 20.1. The number of amides is 2. The zero-order chi connectivity index (χ0) is 25.0. The molecule has 7 heteroatoms. The Labute approximate surface area is 215 Å². The summed E-state index contributed by atoms with van der Waals surface area (Å²) in [5.74, 6) is 0.813. The minimum absolute atomic E-state index is 0.183. The van der Waals surface area contributed by atoms with Crippen molar-refractivity contribution in [3.8, 4) is 11.5 Å². The Balaban J connectivity index is 1.89. The third kappa shape index (κ3) is 8.14. The van der Waals surface area contributed by atoms with E-state index in [1.54, 1.807) is 24.1 Å². The van der Waals surface area contributed by atoms with E-state index in [1.807, 2.05) is 73.7 Å². The average molecular weight is 539 g/mol. The van der Waals surface area contributed by atoms with Gasteiger partial charge < -0.3 is 19.7 Å². The molecule has 0 saturated heterocycles. The smallest absolute Gasteiger partial charge is 0.261 e. The average Bonchev–Trinajstić information content (AvgIpc) is 2.89. The molecule has 0 spiro atoms. The van der Waals surface area contributed by atoms with Crippen molar-refractivity contribution in [3.63, 3.8) is 0 Å². The van der Waals surface area contributed by atoms with Gasteiger partial charge in [-0.1, -0.05) is 65.3 Å². The molecule has 1 N–H and O–H groups in total. The SMILES string of the molecule is CCCNC(=O)[C@@H](Cc1ccccc1)N(Cc1cccc(OC)c1)C(=O)COc1ccc(Br)cc1. The second-order valence-corrected chi connectivity index (χ2v) is 9.03. The molecule has 184 valence electrons. The van der Waals surface area contributed by atoms with Crippen LogP contribution in [0.4, 0.5) is 0 Å². The molecule has 2 amide bonds. The first kappa shape index (κ1) is 26.3. The first-order chi connectivity index (χ1) is 17.0. The number of methoxy groups -OCH3 is 1. The number of halogens is 1. The number of carbonyl (C=O) groups excluding carboxylic acids is 2. The lowest BCUT2D eigenvalue weighted by Gasteiger charge is -2.31. The van der Waals surface area contributed by atoms with Crippen molar-refractivity contribution in [3.05, 3.63) is 94.5 Å². The van der Waals surface area contributed by atoms with E-state index in [0.29, 0.717) is 24.5 Å². The van der Waals surface area contributed by atoms with Crippen molar-refractivity contribution in [2.45, 2.75) is 32.4 Å². The molecule has 3 aromatic rings. The predicted molar refractivity (Wildman–Crippen MR) is 140 cm³/mol. The van der Waals surface area contributed by atoms with Crippen LogP contribution in [0.15, 0.2) is 83.3 Å². The molecule has 0 radical (unpaired) electrons. The molecule has 0 aromatic heterocycles. The van der Waals surface area contributed by atoms with Crippen LogP contribution < -0.4 is 14.8 Å². The molecule has 0 heterocycles. The highest BCUT2D eigenvalue weighted by atomic mass is 79.9. The van der Waals surface area contributed by atoms with Crippen LogP contribution in [0.3, 0.4) is 0 Å². The Bertz CT molecular complexity index is 1090. The van der Waals surface area contributed by atoms with Crippen molar-refractivity contribution < 1.29 is 19.1 Å². The summed E-state index contributed by atoms with van der Waals surface area (Å²) in [4.78, 5) is 28.4. The third-order valence-corrected chi connectivity index (χ3v) is 6.01. The molecular formula is C28H31BrN2O4. The zero-order valence-corrected chi connectivity index (χ0v) is 21.7. The maximum Gasteiger partial charge on any atom is 0.261 e. The van der Waals surface area contributed by atoms with Crippen LogP contribution in [0.5, 0.6) is 11.5 Å². The van der Waals surface area contributed by atoms with Crippen molar-refractivity contribution >= 4 is 27.7 Å². The molecule has 0 saturated carbocycles. The molecule has 0 fully saturated rings. The van der Waals surface area contributed by atoms with Crippen molar-refractivity contribution in [2.75, 3.05) is 20.3 Å². The van der Waals surface area contributed by atoms with Gasteiger partial charge in [0.15, 0.2) is 6.61 Å². The van der Waals surface area contributed by atoms with Crippen molar-refractivity contribution in [1.82, 2.24) is 10.2 Å². The molecule has 0 bridgehead atoms. The van der Waals surface area contributed by atoms with Gasteiger partial charge in [-0.2, -0.15) is 0 Å². The highest BCUT2D eigenvalue weighted by Crippen LogP contribution is 2.20. The number of ether oxygens (including phenoxy) is 2. The van der Waals surface area contributed by atoms with E-state index in [2.05, 4.69) is 21.2 Å². The van der Waals surface area contributed by atoms with Gasteiger partial charge in [-0.3, -0.25) is 9.59 Å². The highest BCUT2D eigenvalue weighted by molar-refractivity contribution is 9.10. The van der Waals surface area contributed by atoms with E-state index >= 15 is 0 Å². The molecule has 0 aliphatic rings. The van der Waals surface area contributed by atoms with Gasteiger partial charge in [0.25, 0.3) is 5.91 Å². The van der Waals surface area contributed by atoms with Crippen LogP contribution in [0.1, 0.15) is 24.5 Å². The Morgan fingerprint density at radius 2 is 1.66 bits per heavy atom. The van der Waals surface area contributed by atoms with Crippen LogP contribution in [0.2, 0.25) is 0 Å². The van der Waals surface area contributed by atoms with Crippen LogP contribution in [-0.4, -0.2) is 43.0 Å². The number of benzene rings is 3. The summed E-state index contributed by atoms with van der Waals surface area (Å²) in [5.41, 5.74) is 1.84. The van der Waals surface area contributed by atoms with E-state index in [-0.39, 0.29) is 25.0 Å². The van der Waals surface area contributed by atoms with Crippen LogP contribution >= 0.6 is 15.9 Å². The van der Waals surface area contributed by atoms with E-state index < -0.39 is 6.04 Å². The quantitative estimate of drug-likeness (QED) is 0.352. The first-order valence-electron chi connectivity index (χ1n) is 11.6. The summed E-state index contributed by atoms with van der Waals surface area (Å²) >= 11 is 3.40. The monoisotopic (exact) mass is 538 g/mol. The van der Waals surface area contributed by atoms with Gasteiger partial charge in [0.2, 0.25) is 5.91 Å². The summed E-state index contributed by atoms with van der Waals surface area (Å²) in [7, 11) is 1.60. The second-order valence-electron chi connectivity index (χ2n) is 8.11. The number of carbonyl (C=O) groups is 2. The molecule has 3 aromatic carbocycles. The van der Waals surface area contributed by atoms with Crippen LogP contribution in [-0.2, 0) is 22.6 Å². The maximum absolute atomic E-state index is 13.5. The van der Waals surface area contributed by atoms with Gasteiger partial charge in [-0.05, 0) is 53.9 Å². The van der Waals surface area contributed by atoms with Crippen molar-refractivity contribution in [1.29, 1.82) is 0 Å². The van der Waals surface area contributed by atoms with Crippen molar-refractivity contribution in [2.24, 2.45) is 0 Å². The number of rotatable bonds is 12. The molecule has 0 unspecified atom stereocenters. The molecule has 0 aliphatic carbocycles. The fourth-order valence-corrected chi connectivity index (χ4v) is 3.91. The minimum Gasteiger partial charge on any atom is -0.497 e. The van der Waals surface area contributed by atoms with Gasteiger partial charge in [-0.15, -0.1) is 0 Å². The number of nitrogens with one attached hydrogen (secondary N) is 1. The normalized spacial score (nSPS) is 11.4. The lowest BCUT2D eigenvalue weighted by molar-refractivity contribution is -0.142. The largest absolute Gasteiger partial charge is 0.497 e. The second kappa shape index (κ2) is 13.5. The molecule has 35 heavy (non-hydrogen) atoms. The fourth-order valence-electron chi connectivity index (χ4n) is 3.65. The Hall–Kier alpha value is -3.32. The summed E-state index contributed by atoms with van der Waals surface area (Å²) in [6.45, 7) is 2.60. The minimum atomic E-state index is -0.698. The van der Waals surface area contributed by atoms with Gasteiger partial charge in [0.05, 0.1) is 7.11 Å².